The van der Waals surface area contributed by atoms with Gasteiger partial charge in [0.2, 0.25) is 10.0 Å². The first kappa shape index (κ1) is 20.6. The molecule has 0 radical (unpaired) electrons. The van der Waals surface area contributed by atoms with E-state index in [0.717, 1.165) is 11.8 Å². The summed E-state index contributed by atoms with van der Waals surface area (Å²) in [6.07, 6.45) is 0.274. The standard InChI is InChI=1S/C19H30N2O4S/c1-12(2)13(3)20-18(22)17-11-21(26(7,23)24)15-10-14(19(4,5)6)8-9-16(15)25-17/h8-10,12-13,17H,11H2,1-7H3,(H,20,22)/t13-,17-/m1/s1. The molecule has 2 atom stereocenters. The molecule has 0 saturated heterocycles. The highest BCUT2D eigenvalue weighted by Gasteiger charge is 2.36. The van der Waals surface area contributed by atoms with E-state index in [4.69, 9.17) is 4.74 Å². The average molecular weight is 383 g/mol. The zero-order valence-corrected chi connectivity index (χ0v) is 17.5. The minimum absolute atomic E-state index is 0.0255. The fourth-order valence-electron chi connectivity index (χ4n) is 2.65. The van der Waals surface area contributed by atoms with E-state index in [-0.39, 0.29) is 29.8 Å². The second kappa shape index (κ2) is 7.10. The van der Waals surface area contributed by atoms with Crippen LogP contribution in [0.1, 0.15) is 47.1 Å². The van der Waals surface area contributed by atoms with Crippen molar-refractivity contribution in [2.45, 2.75) is 59.1 Å². The summed E-state index contributed by atoms with van der Waals surface area (Å²) in [5.74, 6) is 0.382. The summed E-state index contributed by atoms with van der Waals surface area (Å²) in [6.45, 7) is 12.1. The van der Waals surface area contributed by atoms with E-state index < -0.39 is 16.1 Å². The Balaban J connectivity index is 2.39. The number of ether oxygens (including phenoxy) is 1. The van der Waals surface area contributed by atoms with Crippen LogP contribution in [0.5, 0.6) is 5.75 Å². The van der Waals surface area contributed by atoms with Crippen LogP contribution in [-0.4, -0.2) is 39.3 Å². The Morgan fingerprint density at radius 1 is 1.27 bits per heavy atom. The van der Waals surface area contributed by atoms with E-state index in [9.17, 15) is 13.2 Å². The molecule has 6 nitrogen and oxygen atoms in total. The quantitative estimate of drug-likeness (QED) is 0.869. The fourth-order valence-corrected chi connectivity index (χ4v) is 3.56. The number of nitrogens with one attached hydrogen (secondary N) is 1. The van der Waals surface area contributed by atoms with Crippen molar-refractivity contribution in [2.75, 3.05) is 17.1 Å². The van der Waals surface area contributed by atoms with E-state index >= 15 is 0 Å². The van der Waals surface area contributed by atoms with E-state index in [1.165, 1.54) is 4.31 Å². The van der Waals surface area contributed by atoms with Crippen LogP contribution < -0.4 is 14.4 Å². The first-order valence-corrected chi connectivity index (χ1v) is 10.7. The average Bonchev–Trinajstić information content (AvgIpc) is 2.51. The first-order chi connectivity index (χ1) is 11.8. The van der Waals surface area contributed by atoms with Crippen LogP contribution in [0.15, 0.2) is 18.2 Å². The maximum atomic E-state index is 12.6. The van der Waals surface area contributed by atoms with Crippen molar-refractivity contribution < 1.29 is 17.9 Å². The highest BCUT2D eigenvalue weighted by molar-refractivity contribution is 7.92. The molecule has 0 aromatic heterocycles. The van der Waals surface area contributed by atoms with Crippen LogP contribution in [-0.2, 0) is 20.2 Å². The summed E-state index contributed by atoms with van der Waals surface area (Å²) in [5, 5.41) is 2.90. The summed E-state index contributed by atoms with van der Waals surface area (Å²) in [7, 11) is -3.54. The van der Waals surface area contributed by atoms with Gasteiger partial charge in [-0.3, -0.25) is 9.10 Å². The summed E-state index contributed by atoms with van der Waals surface area (Å²) in [5.41, 5.74) is 1.37. The van der Waals surface area contributed by atoms with E-state index in [2.05, 4.69) is 26.1 Å². The SMILES string of the molecule is CC(C)[C@@H](C)NC(=O)[C@H]1CN(S(C)(=O)=O)c2cc(C(C)(C)C)ccc2O1. The third-order valence-corrected chi connectivity index (χ3v) is 5.90. The summed E-state index contributed by atoms with van der Waals surface area (Å²) in [6, 6.07) is 5.47. The molecule has 1 aromatic carbocycles. The lowest BCUT2D eigenvalue weighted by Gasteiger charge is -2.35. The Morgan fingerprint density at radius 3 is 2.38 bits per heavy atom. The van der Waals surface area contributed by atoms with Gasteiger partial charge in [-0.15, -0.1) is 0 Å². The van der Waals surface area contributed by atoms with Crippen LogP contribution in [0, 0.1) is 5.92 Å². The van der Waals surface area contributed by atoms with Gasteiger partial charge in [-0.25, -0.2) is 8.42 Å². The zero-order valence-electron chi connectivity index (χ0n) is 16.7. The van der Waals surface area contributed by atoms with Crippen molar-refractivity contribution >= 4 is 21.6 Å². The molecule has 1 N–H and O–H groups in total. The fraction of sp³-hybridized carbons (Fsp3) is 0.632. The van der Waals surface area contributed by atoms with Gasteiger partial charge in [0.1, 0.15) is 5.75 Å². The minimum atomic E-state index is -3.54. The summed E-state index contributed by atoms with van der Waals surface area (Å²) < 4.78 is 31.8. The lowest BCUT2D eigenvalue weighted by atomic mass is 9.86. The molecule has 0 fully saturated rings. The summed E-state index contributed by atoms with van der Waals surface area (Å²) >= 11 is 0. The number of amides is 1. The highest BCUT2D eigenvalue weighted by Crippen LogP contribution is 2.38. The molecule has 0 unspecified atom stereocenters. The number of hydrogen-bond acceptors (Lipinski definition) is 4. The van der Waals surface area contributed by atoms with Crippen molar-refractivity contribution in [1.29, 1.82) is 0 Å². The van der Waals surface area contributed by atoms with Gasteiger partial charge in [0.25, 0.3) is 5.91 Å². The van der Waals surface area contributed by atoms with Crippen LogP contribution in [0.3, 0.4) is 0 Å². The molecule has 0 saturated carbocycles. The van der Waals surface area contributed by atoms with Gasteiger partial charge in [0.15, 0.2) is 6.10 Å². The number of nitrogens with zero attached hydrogens (tertiary/aromatic N) is 1. The Bertz CT molecular complexity index is 781. The smallest absolute Gasteiger partial charge is 0.263 e. The number of hydrogen-bond donors (Lipinski definition) is 1. The minimum Gasteiger partial charge on any atom is -0.476 e. The molecule has 0 spiro atoms. The van der Waals surface area contributed by atoms with E-state index in [1.54, 1.807) is 6.07 Å². The van der Waals surface area contributed by atoms with Gasteiger partial charge in [-0.05, 0) is 36.0 Å². The third-order valence-electron chi connectivity index (χ3n) is 4.76. The second-order valence-corrected chi connectivity index (χ2v) is 10.3. The van der Waals surface area contributed by atoms with Crippen LogP contribution >= 0.6 is 0 Å². The van der Waals surface area contributed by atoms with Crippen molar-refractivity contribution in [2.24, 2.45) is 5.92 Å². The Labute approximate surface area is 157 Å². The molecule has 26 heavy (non-hydrogen) atoms. The molecule has 1 aliphatic rings. The lowest BCUT2D eigenvalue weighted by molar-refractivity contribution is -0.128. The molecule has 0 bridgehead atoms. The summed E-state index contributed by atoms with van der Waals surface area (Å²) in [4.78, 5) is 12.6. The molecule has 1 aliphatic heterocycles. The Kier molecular flexibility index (Phi) is 5.61. The van der Waals surface area contributed by atoms with Gasteiger partial charge in [-0.1, -0.05) is 40.7 Å². The van der Waals surface area contributed by atoms with E-state index in [0.29, 0.717) is 11.4 Å². The highest BCUT2D eigenvalue weighted by atomic mass is 32.2. The van der Waals surface area contributed by atoms with Gasteiger partial charge in [-0.2, -0.15) is 0 Å². The Hall–Kier alpha value is -1.76. The molecule has 1 aromatic rings. The maximum Gasteiger partial charge on any atom is 0.263 e. The van der Waals surface area contributed by atoms with Crippen molar-refractivity contribution in [1.82, 2.24) is 5.32 Å². The van der Waals surface area contributed by atoms with Crippen LogP contribution in [0.2, 0.25) is 0 Å². The van der Waals surface area contributed by atoms with Crippen molar-refractivity contribution in [3.05, 3.63) is 23.8 Å². The van der Waals surface area contributed by atoms with Crippen LogP contribution in [0.4, 0.5) is 5.69 Å². The third kappa shape index (κ3) is 4.50. The molecule has 0 aliphatic carbocycles. The van der Waals surface area contributed by atoms with Crippen molar-refractivity contribution in [3.8, 4) is 5.75 Å². The monoisotopic (exact) mass is 382 g/mol. The predicted octanol–water partition coefficient (Wildman–Crippen LogP) is 2.67. The molecule has 7 heteroatoms. The number of rotatable bonds is 4. The number of benzene rings is 1. The van der Waals surface area contributed by atoms with Gasteiger partial charge in [0, 0.05) is 6.04 Å². The molecule has 1 heterocycles. The number of anilines is 1. The molecular weight excluding hydrogens is 352 g/mol. The van der Waals surface area contributed by atoms with Crippen molar-refractivity contribution in [3.63, 3.8) is 0 Å². The molecule has 2 rings (SSSR count). The topological polar surface area (TPSA) is 75.7 Å². The predicted molar refractivity (Wildman–Crippen MR) is 104 cm³/mol. The largest absolute Gasteiger partial charge is 0.476 e. The second-order valence-electron chi connectivity index (χ2n) is 8.37. The number of carbonyl (C=O) groups excluding carboxylic acids is 1. The lowest BCUT2D eigenvalue weighted by Crippen LogP contribution is -2.52. The first-order valence-electron chi connectivity index (χ1n) is 8.90. The number of fused-ring (bicyclic) bond motifs is 1. The van der Waals surface area contributed by atoms with E-state index in [1.807, 2.05) is 32.9 Å². The molecule has 146 valence electrons. The zero-order chi connectivity index (χ0) is 19.9. The van der Waals surface area contributed by atoms with Gasteiger partial charge >= 0.3 is 0 Å². The maximum absolute atomic E-state index is 12.6. The number of carbonyl (C=O) groups is 1. The van der Waals surface area contributed by atoms with Gasteiger partial charge < -0.3 is 10.1 Å². The molecule has 1 amide bonds. The van der Waals surface area contributed by atoms with Crippen LogP contribution in [0.25, 0.3) is 0 Å². The number of sulfonamides is 1. The van der Waals surface area contributed by atoms with Gasteiger partial charge in [0.05, 0.1) is 18.5 Å². The normalized spacial score (nSPS) is 18.9. The Morgan fingerprint density at radius 2 is 1.88 bits per heavy atom. The molecular formula is C19H30N2O4S.